The van der Waals surface area contributed by atoms with Gasteiger partial charge in [0, 0.05) is 24.9 Å². The van der Waals surface area contributed by atoms with Crippen molar-refractivity contribution in [2.24, 2.45) is 0 Å². The Kier molecular flexibility index (Phi) is 3.92. The minimum absolute atomic E-state index is 0.0921. The molecule has 1 aromatic rings. The molecule has 18 heavy (non-hydrogen) atoms. The average molecular weight is 248 g/mol. The quantitative estimate of drug-likeness (QED) is 0.865. The van der Waals surface area contributed by atoms with Crippen LogP contribution in [0.25, 0.3) is 0 Å². The van der Waals surface area contributed by atoms with Crippen molar-refractivity contribution in [3.63, 3.8) is 0 Å². The van der Waals surface area contributed by atoms with Crippen molar-refractivity contribution >= 4 is 11.9 Å². The van der Waals surface area contributed by atoms with Crippen molar-refractivity contribution in [1.82, 2.24) is 9.88 Å². The van der Waals surface area contributed by atoms with Gasteiger partial charge in [-0.2, -0.15) is 0 Å². The van der Waals surface area contributed by atoms with Gasteiger partial charge in [0.25, 0.3) is 0 Å². The Balaban J connectivity index is 1.90. The summed E-state index contributed by atoms with van der Waals surface area (Å²) in [5, 5.41) is 9.01. The summed E-state index contributed by atoms with van der Waals surface area (Å²) >= 11 is 0. The molecule has 0 saturated carbocycles. The van der Waals surface area contributed by atoms with Crippen LogP contribution in [0.4, 0.5) is 0 Å². The van der Waals surface area contributed by atoms with Crippen LogP contribution in [0.3, 0.4) is 0 Å². The molecule has 1 aromatic heterocycles. The highest BCUT2D eigenvalue weighted by atomic mass is 16.4. The lowest BCUT2D eigenvalue weighted by Crippen LogP contribution is -2.40. The number of pyridine rings is 1. The van der Waals surface area contributed by atoms with Crippen molar-refractivity contribution in [2.75, 3.05) is 6.54 Å². The molecule has 96 valence electrons. The van der Waals surface area contributed by atoms with Crippen LogP contribution in [0.15, 0.2) is 24.4 Å². The first-order valence-electron chi connectivity index (χ1n) is 6.10. The van der Waals surface area contributed by atoms with E-state index in [0.29, 0.717) is 25.8 Å². The van der Waals surface area contributed by atoms with Crippen LogP contribution in [-0.2, 0) is 16.0 Å². The normalized spacial score (nSPS) is 18.9. The van der Waals surface area contributed by atoms with Crippen LogP contribution < -0.4 is 0 Å². The van der Waals surface area contributed by atoms with Crippen molar-refractivity contribution in [3.8, 4) is 0 Å². The van der Waals surface area contributed by atoms with Crippen LogP contribution in [0.2, 0.25) is 0 Å². The monoisotopic (exact) mass is 248 g/mol. The summed E-state index contributed by atoms with van der Waals surface area (Å²) < 4.78 is 0. The highest BCUT2D eigenvalue weighted by molar-refractivity contribution is 5.84. The largest absolute Gasteiger partial charge is 0.480 e. The number of nitrogens with zero attached hydrogens (tertiary/aromatic N) is 2. The second kappa shape index (κ2) is 5.62. The van der Waals surface area contributed by atoms with Gasteiger partial charge in [0.1, 0.15) is 6.04 Å². The molecule has 1 unspecified atom stereocenters. The molecule has 5 nitrogen and oxygen atoms in total. The highest BCUT2D eigenvalue weighted by Crippen LogP contribution is 2.18. The summed E-state index contributed by atoms with van der Waals surface area (Å²) in [7, 11) is 0. The van der Waals surface area contributed by atoms with Gasteiger partial charge in [-0.3, -0.25) is 9.78 Å². The zero-order chi connectivity index (χ0) is 13.0. The summed E-state index contributed by atoms with van der Waals surface area (Å²) in [4.78, 5) is 28.6. The molecule has 1 N–H and O–H groups in total. The molecule has 1 atom stereocenters. The fraction of sp³-hybridized carbons (Fsp3) is 0.462. The predicted octanol–water partition coefficient (Wildman–Crippen LogP) is 1.09. The van der Waals surface area contributed by atoms with E-state index in [1.807, 2.05) is 18.2 Å². The molecule has 0 radical (unpaired) electrons. The topological polar surface area (TPSA) is 70.5 Å². The maximum atomic E-state index is 12.0. The van der Waals surface area contributed by atoms with Gasteiger partial charge in [-0.05, 0) is 31.4 Å². The van der Waals surface area contributed by atoms with Gasteiger partial charge in [0.2, 0.25) is 5.91 Å². The fourth-order valence-electron chi connectivity index (χ4n) is 2.25. The molecular formula is C13H16N2O3. The number of rotatable bonds is 4. The van der Waals surface area contributed by atoms with Gasteiger partial charge in [0.15, 0.2) is 0 Å². The summed E-state index contributed by atoms with van der Waals surface area (Å²) in [6.45, 7) is 0.554. The Hall–Kier alpha value is -1.91. The van der Waals surface area contributed by atoms with E-state index in [2.05, 4.69) is 4.98 Å². The first-order chi connectivity index (χ1) is 8.68. The lowest BCUT2D eigenvalue weighted by molar-refractivity contribution is -0.148. The van der Waals surface area contributed by atoms with Gasteiger partial charge in [-0.1, -0.05) is 6.07 Å². The van der Waals surface area contributed by atoms with Crippen molar-refractivity contribution in [2.45, 2.75) is 31.7 Å². The second-order valence-corrected chi connectivity index (χ2v) is 4.40. The molecule has 1 aliphatic rings. The van der Waals surface area contributed by atoms with Gasteiger partial charge < -0.3 is 10.0 Å². The van der Waals surface area contributed by atoms with E-state index in [9.17, 15) is 9.59 Å². The Morgan fingerprint density at radius 2 is 2.28 bits per heavy atom. The summed E-state index contributed by atoms with van der Waals surface area (Å²) in [6.07, 6.45) is 3.90. The summed E-state index contributed by atoms with van der Waals surface area (Å²) in [6, 6.07) is 4.93. The Morgan fingerprint density at radius 1 is 1.44 bits per heavy atom. The lowest BCUT2D eigenvalue weighted by Gasteiger charge is -2.21. The van der Waals surface area contributed by atoms with E-state index in [4.69, 9.17) is 5.11 Å². The molecule has 1 amide bonds. The van der Waals surface area contributed by atoms with E-state index in [-0.39, 0.29) is 5.91 Å². The fourth-order valence-corrected chi connectivity index (χ4v) is 2.25. The molecule has 1 saturated heterocycles. The van der Waals surface area contributed by atoms with Crippen LogP contribution in [0, 0.1) is 0 Å². The first kappa shape index (κ1) is 12.5. The van der Waals surface area contributed by atoms with Crippen molar-refractivity contribution in [3.05, 3.63) is 30.1 Å². The minimum atomic E-state index is -0.904. The van der Waals surface area contributed by atoms with E-state index < -0.39 is 12.0 Å². The molecule has 5 heteroatoms. The number of likely N-dealkylation sites (tertiary alicyclic amines) is 1. The molecule has 0 spiro atoms. The molecule has 0 aromatic carbocycles. The molecule has 0 aliphatic carbocycles. The van der Waals surface area contributed by atoms with Crippen LogP contribution >= 0.6 is 0 Å². The zero-order valence-electron chi connectivity index (χ0n) is 10.1. The van der Waals surface area contributed by atoms with Crippen LogP contribution in [0.1, 0.15) is 25.0 Å². The molecule has 1 fully saturated rings. The van der Waals surface area contributed by atoms with Crippen molar-refractivity contribution < 1.29 is 14.7 Å². The van der Waals surface area contributed by atoms with Gasteiger partial charge >= 0.3 is 5.97 Å². The summed E-state index contributed by atoms with van der Waals surface area (Å²) in [5.74, 6) is -0.996. The van der Waals surface area contributed by atoms with Gasteiger partial charge in [-0.15, -0.1) is 0 Å². The third kappa shape index (κ3) is 2.85. The lowest BCUT2D eigenvalue weighted by atomic mass is 10.2. The summed E-state index contributed by atoms with van der Waals surface area (Å²) in [5.41, 5.74) is 0.858. The van der Waals surface area contributed by atoms with Gasteiger partial charge in [0.05, 0.1) is 0 Å². The smallest absolute Gasteiger partial charge is 0.326 e. The number of aromatic nitrogens is 1. The number of aryl methyl sites for hydroxylation is 1. The number of hydrogen-bond acceptors (Lipinski definition) is 3. The average Bonchev–Trinajstić information content (AvgIpc) is 2.86. The highest BCUT2D eigenvalue weighted by Gasteiger charge is 2.33. The van der Waals surface area contributed by atoms with E-state index in [1.54, 1.807) is 6.20 Å². The minimum Gasteiger partial charge on any atom is -0.480 e. The molecule has 1 aliphatic heterocycles. The number of carboxylic acids is 1. The maximum Gasteiger partial charge on any atom is 0.326 e. The number of carbonyl (C=O) groups is 2. The second-order valence-electron chi connectivity index (χ2n) is 4.40. The number of hydrogen-bond donors (Lipinski definition) is 1. The predicted molar refractivity (Wildman–Crippen MR) is 64.9 cm³/mol. The molecular weight excluding hydrogens is 232 g/mol. The third-order valence-corrected chi connectivity index (χ3v) is 3.18. The Labute approximate surface area is 105 Å². The van der Waals surface area contributed by atoms with Crippen LogP contribution in [-0.4, -0.2) is 39.5 Å². The van der Waals surface area contributed by atoms with Crippen LogP contribution in [0.5, 0.6) is 0 Å². The Morgan fingerprint density at radius 3 is 2.94 bits per heavy atom. The molecule has 0 bridgehead atoms. The third-order valence-electron chi connectivity index (χ3n) is 3.18. The number of amides is 1. The Bertz CT molecular complexity index is 433. The van der Waals surface area contributed by atoms with E-state index >= 15 is 0 Å². The van der Waals surface area contributed by atoms with Crippen molar-refractivity contribution in [1.29, 1.82) is 0 Å². The standard InChI is InChI=1S/C13H16N2O3/c16-12(7-6-10-4-1-2-8-14-10)15-9-3-5-11(15)13(17)18/h1-2,4,8,11H,3,5-7,9H2,(H,17,18). The zero-order valence-corrected chi connectivity index (χ0v) is 10.1. The maximum absolute atomic E-state index is 12.0. The number of aliphatic carboxylic acids is 1. The van der Waals surface area contributed by atoms with Gasteiger partial charge in [-0.25, -0.2) is 4.79 Å². The number of carbonyl (C=O) groups excluding carboxylic acids is 1. The van der Waals surface area contributed by atoms with E-state index in [1.165, 1.54) is 4.90 Å². The first-order valence-corrected chi connectivity index (χ1v) is 6.10. The molecule has 2 heterocycles. The number of carboxylic acid groups (broad SMARTS) is 1. The van der Waals surface area contributed by atoms with E-state index in [0.717, 1.165) is 12.1 Å². The SMILES string of the molecule is O=C(O)C1CCCN1C(=O)CCc1ccccn1. The molecule has 2 rings (SSSR count).